The summed E-state index contributed by atoms with van der Waals surface area (Å²) in [5.41, 5.74) is -1.27. The van der Waals surface area contributed by atoms with E-state index in [1.807, 2.05) is 0 Å². The fraction of sp³-hybridized carbons (Fsp3) is 0.875. The van der Waals surface area contributed by atoms with E-state index in [1.54, 1.807) is 41.5 Å². The van der Waals surface area contributed by atoms with Crippen molar-refractivity contribution in [2.45, 2.75) is 78.4 Å². The van der Waals surface area contributed by atoms with Crippen LogP contribution < -0.4 is 0 Å². The van der Waals surface area contributed by atoms with Crippen LogP contribution in [0.4, 0.5) is 0 Å². The summed E-state index contributed by atoms with van der Waals surface area (Å²) in [6.45, 7) is 10.7. The molecule has 5 heteroatoms. The average molecular weight is 302 g/mol. The molecule has 0 fully saturated rings. The van der Waals surface area contributed by atoms with Crippen molar-refractivity contribution < 1.29 is 24.2 Å². The first-order valence-corrected chi connectivity index (χ1v) is 7.53. The molecule has 0 bridgehead atoms. The van der Waals surface area contributed by atoms with Crippen molar-refractivity contribution in [3.63, 3.8) is 0 Å². The molecule has 0 aliphatic carbocycles. The van der Waals surface area contributed by atoms with Crippen LogP contribution >= 0.6 is 0 Å². The molecule has 124 valence electrons. The molecule has 0 aromatic heterocycles. The predicted molar refractivity (Wildman–Crippen MR) is 80.7 cm³/mol. The minimum absolute atomic E-state index is 0.115. The summed E-state index contributed by atoms with van der Waals surface area (Å²) in [4.78, 5) is 24.4. The Morgan fingerprint density at radius 3 is 1.62 bits per heavy atom. The van der Waals surface area contributed by atoms with E-state index >= 15 is 0 Å². The van der Waals surface area contributed by atoms with Crippen LogP contribution in [0.2, 0.25) is 0 Å². The monoisotopic (exact) mass is 302 g/mol. The standard InChI is InChI=1S/C16H30O5/c1-15(2,3)20-13(18)12(10-8-7-9-11-17)14(19)21-16(4,5)6/h12,17H,7-11H2,1-6H3. The minimum atomic E-state index is -0.901. The fourth-order valence-corrected chi connectivity index (χ4v) is 1.71. The van der Waals surface area contributed by atoms with Gasteiger partial charge in [-0.2, -0.15) is 0 Å². The van der Waals surface area contributed by atoms with Gasteiger partial charge in [-0.05, 0) is 54.4 Å². The molecule has 0 rings (SSSR count). The molecule has 5 nitrogen and oxygen atoms in total. The van der Waals surface area contributed by atoms with Crippen molar-refractivity contribution in [3.8, 4) is 0 Å². The molecule has 0 saturated heterocycles. The number of hydrogen-bond acceptors (Lipinski definition) is 5. The third kappa shape index (κ3) is 10.3. The maximum absolute atomic E-state index is 12.2. The fourth-order valence-electron chi connectivity index (χ4n) is 1.71. The van der Waals surface area contributed by atoms with Crippen LogP contribution in [0.3, 0.4) is 0 Å². The van der Waals surface area contributed by atoms with Gasteiger partial charge in [0.2, 0.25) is 0 Å². The number of carbonyl (C=O) groups is 2. The maximum Gasteiger partial charge on any atom is 0.320 e. The summed E-state index contributed by atoms with van der Waals surface area (Å²) in [5.74, 6) is -1.98. The molecular formula is C16H30O5. The molecule has 0 saturated carbocycles. The van der Waals surface area contributed by atoms with Crippen molar-refractivity contribution in [3.05, 3.63) is 0 Å². The number of ether oxygens (including phenoxy) is 2. The molecule has 0 aromatic rings. The smallest absolute Gasteiger partial charge is 0.320 e. The zero-order valence-corrected chi connectivity index (χ0v) is 14.2. The van der Waals surface area contributed by atoms with Gasteiger partial charge in [0, 0.05) is 6.61 Å². The Kier molecular flexibility index (Phi) is 7.93. The summed E-state index contributed by atoms with van der Waals surface area (Å²) in [6.07, 6.45) is 2.47. The predicted octanol–water partition coefficient (Wildman–Crippen LogP) is 2.84. The zero-order chi connectivity index (χ0) is 16.7. The molecule has 0 aliphatic heterocycles. The molecule has 0 unspecified atom stereocenters. The molecule has 0 radical (unpaired) electrons. The summed E-state index contributed by atoms with van der Waals surface area (Å²) >= 11 is 0. The van der Waals surface area contributed by atoms with Gasteiger partial charge < -0.3 is 14.6 Å². The van der Waals surface area contributed by atoms with E-state index in [9.17, 15) is 9.59 Å². The summed E-state index contributed by atoms with van der Waals surface area (Å²) in [6, 6.07) is 0. The van der Waals surface area contributed by atoms with Gasteiger partial charge in [0.1, 0.15) is 11.2 Å². The average Bonchev–Trinajstić information content (AvgIpc) is 2.23. The maximum atomic E-state index is 12.2. The van der Waals surface area contributed by atoms with Crippen LogP contribution in [-0.2, 0) is 19.1 Å². The largest absolute Gasteiger partial charge is 0.459 e. The van der Waals surface area contributed by atoms with Gasteiger partial charge in [-0.25, -0.2) is 0 Å². The van der Waals surface area contributed by atoms with Gasteiger partial charge in [0.25, 0.3) is 0 Å². The lowest BCUT2D eigenvalue weighted by atomic mass is 10.0. The molecule has 0 amide bonds. The van der Waals surface area contributed by atoms with Crippen molar-refractivity contribution in [1.29, 1.82) is 0 Å². The highest BCUT2D eigenvalue weighted by atomic mass is 16.6. The van der Waals surface area contributed by atoms with Crippen molar-refractivity contribution in [2.24, 2.45) is 5.92 Å². The number of hydrogen-bond donors (Lipinski definition) is 1. The molecule has 0 atom stereocenters. The molecule has 0 spiro atoms. The quantitative estimate of drug-likeness (QED) is 0.445. The Hall–Kier alpha value is -1.10. The normalized spacial score (nSPS) is 12.4. The number of aliphatic hydroxyl groups excluding tert-OH is 1. The second-order valence-electron chi connectivity index (χ2n) is 7.19. The van der Waals surface area contributed by atoms with Gasteiger partial charge in [-0.1, -0.05) is 12.8 Å². The van der Waals surface area contributed by atoms with Crippen LogP contribution in [0.15, 0.2) is 0 Å². The van der Waals surface area contributed by atoms with Crippen LogP contribution in [0.25, 0.3) is 0 Å². The summed E-state index contributed by atoms with van der Waals surface area (Å²) in [5, 5.41) is 8.77. The molecule has 0 aliphatic rings. The van der Waals surface area contributed by atoms with Gasteiger partial charge in [-0.3, -0.25) is 9.59 Å². The number of aliphatic hydroxyl groups is 1. The topological polar surface area (TPSA) is 72.8 Å². The van der Waals surface area contributed by atoms with E-state index in [2.05, 4.69) is 0 Å². The third-order valence-corrected chi connectivity index (χ3v) is 2.53. The first kappa shape index (κ1) is 19.9. The van der Waals surface area contributed by atoms with Crippen molar-refractivity contribution in [1.82, 2.24) is 0 Å². The molecular weight excluding hydrogens is 272 g/mol. The molecule has 21 heavy (non-hydrogen) atoms. The van der Waals surface area contributed by atoms with Gasteiger partial charge >= 0.3 is 11.9 Å². The first-order chi connectivity index (χ1) is 9.46. The van der Waals surface area contributed by atoms with E-state index in [1.165, 1.54) is 0 Å². The second kappa shape index (κ2) is 8.37. The van der Waals surface area contributed by atoms with Gasteiger partial charge in [0.05, 0.1) is 0 Å². The highest BCUT2D eigenvalue weighted by Crippen LogP contribution is 2.20. The van der Waals surface area contributed by atoms with Crippen molar-refractivity contribution in [2.75, 3.05) is 6.61 Å². The summed E-state index contributed by atoms with van der Waals surface area (Å²) in [7, 11) is 0. The zero-order valence-electron chi connectivity index (χ0n) is 14.2. The van der Waals surface area contributed by atoms with Gasteiger partial charge in [-0.15, -0.1) is 0 Å². The Morgan fingerprint density at radius 2 is 1.29 bits per heavy atom. The Balaban J connectivity index is 4.75. The summed E-state index contributed by atoms with van der Waals surface area (Å²) < 4.78 is 10.6. The van der Waals surface area contributed by atoms with E-state index in [4.69, 9.17) is 14.6 Å². The van der Waals surface area contributed by atoms with Crippen molar-refractivity contribution >= 4 is 11.9 Å². The second-order valence-corrected chi connectivity index (χ2v) is 7.19. The Labute approximate surface area is 128 Å². The number of esters is 2. The lowest BCUT2D eigenvalue weighted by molar-refractivity contribution is -0.174. The van der Waals surface area contributed by atoms with E-state index in [0.717, 1.165) is 6.42 Å². The van der Waals surface area contributed by atoms with E-state index in [0.29, 0.717) is 19.3 Å². The Bertz CT molecular complexity index is 308. The van der Waals surface area contributed by atoms with Crippen LogP contribution in [0, 0.1) is 5.92 Å². The van der Waals surface area contributed by atoms with Crippen LogP contribution in [-0.4, -0.2) is 34.9 Å². The van der Waals surface area contributed by atoms with Crippen LogP contribution in [0.5, 0.6) is 0 Å². The van der Waals surface area contributed by atoms with Crippen LogP contribution in [0.1, 0.15) is 67.2 Å². The third-order valence-electron chi connectivity index (χ3n) is 2.53. The number of unbranched alkanes of at least 4 members (excludes halogenated alkanes) is 2. The molecule has 0 aromatic carbocycles. The number of rotatable bonds is 7. The lowest BCUT2D eigenvalue weighted by Crippen LogP contribution is -2.36. The lowest BCUT2D eigenvalue weighted by Gasteiger charge is -2.26. The first-order valence-electron chi connectivity index (χ1n) is 7.53. The minimum Gasteiger partial charge on any atom is -0.459 e. The van der Waals surface area contributed by atoms with E-state index in [-0.39, 0.29) is 6.61 Å². The van der Waals surface area contributed by atoms with Gasteiger partial charge in [0.15, 0.2) is 5.92 Å². The molecule has 1 N–H and O–H groups in total. The SMILES string of the molecule is CC(C)(C)OC(=O)C(CCCCCO)C(=O)OC(C)(C)C. The number of carbonyl (C=O) groups excluding carboxylic acids is 2. The molecule has 0 heterocycles. The van der Waals surface area contributed by atoms with E-state index < -0.39 is 29.1 Å². The highest BCUT2D eigenvalue weighted by Gasteiger charge is 2.34. The Morgan fingerprint density at radius 1 is 0.857 bits per heavy atom. The highest BCUT2D eigenvalue weighted by molar-refractivity contribution is 5.95.